The number of carbonyl (C=O) groups is 1. The number of halogens is 8. The van der Waals surface area contributed by atoms with Crippen LogP contribution in [0.4, 0.5) is 30.7 Å². The first-order chi connectivity index (χ1) is 14.6. The van der Waals surface area contributed by atoms with Gasteiger partial charge in [0.15, 0.2) is 5.78 Å². The van der Waals surface area contributed by atoms with Crippen molar-refractivity contribution in [3.63, 3.8) is 0 Å². The average molecular weight is 478 g/mol. The first-order valence-electron chi connectivity index (χ1n) is 9.17. The summed E-state index contributed by atoms with van der Waals surface area (Å²) in [7, 11) is 0. The third-order valence-electron chi connectivity index (χ3n) is 5.19. The Hall–Kier alpha value is -2.68. The van der Waals surface area contributed by atoms with E-state index in [2.05, 4.69) is 4.98 Å². The van der Waals surface area contributed by atoms with Gasteiger partial charge in [-0.05, 0) is 60.9 Å². The molecule has 0 atom stereocenters. The molecule has 0 aliphatic heterocycles. The predicted molar refractivity (Wildman–Crippen MR) is 106 cm³/mol. The van der Waals surface area contributed by atoms with Gasteiger partial charge in [-0.3, -0.25) is 4.79 Å². The molecule has 2 nitrogen and oxygen atoms in total. The minimum absolute atomic E-state index is 0.0573. The van der Waals surface area contributed by atoms with Crippen LogP contribution < -0.4 is 0 Å². The summed E-state index contributed by atoms with van der Waals surface area (Å²) < 4.78 is 92.8. The highest BCUT2D eigenvalue weighted by Crippen LogP contribution is 2.53. The van der Waals surface area contributed by atoms with E-state index in [9.17, 15) is 35.5 Å². The summed E-state index contributed by atoms with van der Waals surface area (Å²) in [6.07, 6.45) is -12.7. The number of pyridine rings is 1. The maximum absolute atomic E-state index is 14.4. The third-order valence-corrected chi connectivity index (χ3v) is 5.40. The minimum Gasteiger partial charge on any atom is -0.294 e. The molecule has 0 radical (unpaired) electrons. The molecule has 10 heteroatoms. The van der Waals surface area contributed by atoms with Crippen molar-refractivity contribution in [3.05, 3.63) is 75.4 Å². The van der Waals surface area contributed by atoms with Crippen molar-refractivity contribution in [2.75, 3.05) is 0 Å². The smallest absolute Gasteiger partial charge is 0.294 e. The monoisotopic (exact) mass is 477 g/mol. The number of carbonyl (C=O) groups excluding carboxylic acids is 1. The van der Waals surface area contributed by atoms with Gasteiger partial charge in [-0.15, -0.1) is 0 Å². The zero-order valence-electron chi connectivity index (χ0n) is 16.6. The summed E-state index contributed by atoms with van der Waals surface area (Å²) in [6, 6.07) is 8.79. The molecule has 1 aromatic heterocycles. The number of nitrogens with zero attached hydrogens (tertiary/aromatic N) is 1. The quantitative estimate of drug-likeness (QED) is 0.225. The molecule has 1 heterocycles. The van der Waals surface area contributed by atoms with Crippen LogP contribution in [0.3, 0.4) is 0 Å². The van der Waals surface area contributed by atoms with Crippen molar-refractivity contribution in [2.45, 2.75) is 38.3 Å². The molecule has 0 amide bonds. The van der Waals surface area contributed by atoms with Gasteiger partial charge in [0.2, 0.25) is 0 Å². The molecule has 0 aliphatic carbocycles. The SMILES string of the molecule is Cc1cc(C(F)(C(F)(F)F)C(F)(F)F)cc(C)c1CC(=O)c1ccc2nc(Cl)ccc2c1. The van der Waals surface area contributed by atoms with Gasteiger partial charge in [-0.1, -0.05) is 23.7 Å². The number of ketones is 1. The van der Waals surface area contributed by atoms with Crippen LogP contribution in [0, 0.1) is 13.8 Å². The topological polar surface area (TPSA) is 30.0 Å². The number of aromatic nitrogens is 1. The van der Waals surface area contributed by atoms with E-state index >= 15 is 0 Å². The van der Waals surface area contributed by atoms with Gasteiger partial charge >= 0.3 is 18.0 Å². The lowest BCUT2D eigenvalue weighted by Crippen LogP contribution is -2.50. The van der Waals surface area contributed by atoms with Gasteiger partial charge in [-0.25, -0.2) is 9.37 Å². The lowest BCUT2D eigenvalue weighted by atomic mass is 9.87. The summed E-state index contributed by atoms with van der Waals surface area (Å²) in [5.41, 5.74) is -6.17. The molecule has 0 unspecified atom stereocenters. The fraction of sp³-hybridized carbons (Fsp3) is 0.273. The molecule has 0 saturated carbocycles. The van der Waals surface area contributed by atoms with Crippen molar-refractivity contribution in [1.29, 1.82) is 0 Å². The summed E-state index contributed by atoms with van der Waals surface area (Å²) >= 11 is 5.82. The lowest BCUT2D eigenvalue weighted by Gasteiger charge is -2.31. The van der Waals surface area contributed by atoms with Gasteiger partial charge in [0.05, 0.1) is 5.52 Å². The zero-order valence-corrected chi connectivity index (χ0v) is 17.4. The second-order valence-corrected chi connectivity index (χ2v) is 7.77. The minimum atomic E-state index is -6.20. The second-order valence-electron chi connectivity index (χ2n) is 7.38. The highest BCUT2D eigenvalue weighted by atomic mass is 35.5. The molecule has 0 spiro atoms. The maximum Gasteiger partial charge on any atom is 0.435 e. The molecular formula is C22H15ClF7NO. The van der Waals surface area contributed by atoms with E-state index < -0.39 is 29.4 Å². The molecule has 3 aromatic rings. The Morgan fingerprint density at radius 2 is 1.44 bits per heavy atom. The van der Waals surface area contributed by atoms with Gasteiger partial charge in [0, 0.05) is 22.9 Å². The van der Waals surface area contributed by atoms with Gasteiger partial charge in [-0.2, -0.15) is 26.3 Å². The Balaban J connectivity index is 1.98. The van der Waals surface area contributed by atoms with Crippen LogP contribution in [-0.4, -0.2) is 23.1 Å². The number of fused-ring (bicyclic) bond motifs is 1. The largest absolute Gasteiger partial charge is 0.435 e. The average Bonchev–Trinajstić information content (AvgIpc) is 2.67. The zero-order chi connectivity index (χ0) is 24.1. The molecule has 32 heavy (non-hydrogen) atoms. The Labute approximate surface area is 183 Å². The molecule has 0 saturated heterocycles. The molecule has 0 N–H and O–H groups in total. The highest BCUT2D eigenvalue weighted by molar-refractivity contribution is 6.29. The van der Waals surface area contributed by atoms with E-state index in [1.807, 2.05) is 0 Å². The Kier molecular flexibility index (Phi) is 6.01. The molecule has 170 valence electrons. The van der Waals surface area contributed by atoms with Crippen LogP contribution in [0.1, 0.15) is 32.6 Å². The molecule has 3 rings (SSSR count). The van der Waals surface area contributed by atoms with Crippen molar-refractivity contribution in [2.24, 2.45) is 0 Å². The van der Waals surface area contributed by atoms with Crippen molar-refractivity contribution in [1.82, 2.24) is 4.98 Å². The Morgan fingerprint density at radius 1 is 0.875 bits per heavy atom. The van der Waals surface area contributed by atoms with Gasteiger partial charge < -0.3 is 0 Å². The van der Waals surface area contributed by atoms with Gasteiger partial charge in [0.25, 0.3) is 0 Å². The molecule has 2 aromatic carbocycles. The van der Waals surface area contributed by atoms with E-state index in [0.29, 0.717) is 23.0 Å². The van der Waals surface area contributed by atoms with Crippen LogP contribution in [0.15, 0.2) is 42.5 Å². The van der Waals surface area contributed by atoms with Crippen LogP contribution in [-0.2, 0) is 12.1 Å². The third kappa shape index (κ3) is 4.18. The van der Waals surface area contributed by atoms with Crippen LogP contribution in [0.2, 0.25) is 5.15 Å². The van der Waals surface area contributed by atoms with Gasteiger partial charge in [0.1, 0.15) is 5.15 Å². The van der Waals surface area contributed by atoms with E-state index in [0.717, 1.165) is 0 Å². The van der Waals surface area contributed by atoms with E-state index in [1.54, 1.807) is 18.2 Å². The fourth-order valence-corrected chi connectivity index (χ4v) is 3.65. The first-order valence-corrected chi connectivity index (χ1v) is 9.55. The predicted octanol–water partition coefficient (Wildman–Crippen LogP) is 7.22. The molecule has 0 aliphatic rings. The van der Waals surface area contributed by atoms with Crippen LogP contribution in [0.25, 0.3) is 10.9 Å². The Bertz CT molecular complexity index is 1160. The Morgan fingerprint density at radius 3 is 1.97 bits per heavy atom. The first kappa shape index (κ1) is 24.0. The lowest BCUT2D eigenvalue weighted by molar-refractivity contribution is -0.348. The van der Waals surface area contributed by atoms with E-state index in [1.165, 1.54) is 26.0 Å². The fourth-order valence-electron chi connectivity index (χ4n) is 3.50. The summed E-state index contributed by atoms with van der Waals surface area (Å²) in [5, 5.41) is 0.895. The number of hydrogen-bond donors (Lipinski definition) is 0. The summed E-state index contributed by atoms with van der Waals surface area (Å²) in [4.78, 5) is 16.8. The van der Waals surface area contributed by atoms with Crippen molar-refractivity contribution >= 4 is 28.3 Å². The van der Waals surface area contributed by atoms with Crippen LogP contribution in [0.5, 0.6) is 0 Å². The number of hydrogen-bond acceptors (Lipinski definition) is 2. The number of rotatable bonds is 4. The van der Waals surface area contributed by atoms with Crippen molar-refractivity contribution < 1.29 is 35.5 Å². The van der Waals surface area contributed by atoms with E-state index in [-0.39, 0.29) is 33.8 Å². The van der Waals surface area contributed by atoms with E-state index in [4.69, 9.17) is 11.6 Å². The van der Waals surface area contributed by atoms with Crippen molar-refractivity contribution in [3.8, 4) is 0 Å². The number of aryl methyl sites for hydroxylation is 2. The molecular weight excluding hydrogens is 463 g/mol. The summed E-state index contributed by atoms with van der Waals surface area (Å²) in [6.45, 7) is 2.47. The number of alkyl halides is 7. The highest BCUT2D eigenvalue weighted by Gasteiger charge is 2.73. The number of Topliss-reactive ketones (excluding diaryl/α,β-unsaturated/α-hetero) is 1. The molecule has 0 bridgehead atoms. The maximum atomic E-state index is 14.4. The number of benzene rings is 2. The standard InChI is InChI=1S/C22H15ClF7NO/c1-11-7-15(20(24,21(25,26)27)22(28,29)30)8-12(2)16(11)10-18(32)14-3-5-17-13(9-14)4-6-19(23)31-17/h3-9H,10H2,1-2H3. The van der Waals surface area contributed by atoms with Crippen LogP contribution >= 0.6 is 11.6 Å². The second kappa shape index (κ2) is 8.03. The molecule has 0 fully saturated rings. The normalized spacial score (nSPS) is 12.9. The summed E-state index contributed by atoms with van der Waals surface area (Å²) in [5.74, 6) is -0.418.